The minimum absolute atomic E-state index is 0.0235. The van der Waals surface area contributed by atoms with Gasteiger partial charge in [-0.25, -0.2) is 13.2 Å². The molecule has 2 aromatic rings. The van der Waals surface area contributed by atoms with Crippen LogP contribution in [0.3, 0.4) is 0 Å². The van der Waals surface area contributed by atoms with Crippen molar-refractivity contribution in [1.82, 2.24) is 15.1 Å². The molecule has 33 heavy (non-hydrogen) atoms. The van der Waals surface area contributed by atoms with Crippen molar-refractivity contribution >= 4 is 27.7 Å². The fraction of sp³-hybridized carbons (Fsp3) is 0.375. The van der Waals surface area contributed by atoms with Crippen LogP contribution in [-0.4, -0.2) is 66.2 Å². The van der Waals surface area contributed by atoms with E-state index in [1.54, 1.807) is 53.4 Å². The lowest BCUT2D eigenvalue weighted by Gasteiger charge is -2.30. The Bertz CT molecular complexity index is 1160. The van der Waals surface area contributed by atoms with Gasteiger partial charge in [0.05, 0.1) is 11.5 Å². The second-order valence-electron chi connectivity index (χ2n) is 8.89. The first kappa shape index (κ1) is 21.6. The SMILES string of the molecule is O=C1NC(c2ccccc2)(c2ccccc2)C(=O)N1CC(=O)N(C1CC1)C1CCS(=O)(=O)C1. The molecular weight excluding hydrogens is 442 g/mol. The van der Waals surface area contributed by atoms with Crippen LogP contribution in [-0.2, 0) is 25.0 Å². The van der Waals surface area contributed by atoms with E-state index in [1.807, 2.05) is 12.1 Å². The molecule has 0 spiro atoms. The molecule has 2 heterocycles. The highest BCUT2D eigenvalue weighted by molar-refractivity contribution is 7.91. The Morgan fingerprint density at radius 3 is 2.00 bits per heavy atom. The number of nitrogens with one attached hydrogen (secondary N) is 1. The summed E-state index contributed by atoms with van der Waals surface area (Å²) in [6, 6.07) is 16.9. The highest BCUT2D eigenvalue weighted by Gasteiger charge is 2.54. The predicted molar refractivity (Wildman–Crippen MR) is 121 cm³/mol. The van der Waals surface area contributed by atoms with Crippen LogP contribution in [0, 0.1) is 0 Å². The highest BCUT2D eigenvalue weighted by Crippen LogP contribution is 2.37. The van der Waals surface area contributed by atoms with E-state index < -0.39 is 39.9 Å². The van der Waals surface area contributed by atoms with Crippen LogP contribution in [0.25, 0.3) is 0 Å². The third kappa shape index (κ3) is 3.80. The molecule has 4 amide bonds. The number of sulfone groups is 1. The van der Waals surface area contributed by atoms with Crippen LogP contribution in [0.4, 0.5) is 4.79 Å². The number of rotatable bonds is 6. The summed E-state index contributed by atoms with van der Waals surface area (Å²) in [5.41, 5.74) is -0.225. The van der Waals surface area contributed by atoms with Gasteiger partial charge in [0.15, 0.2) is 15.4 Å². The smallest absolute Gasteiger partial charge is 0.326 e. The Kier molecular flexibility index (Phi) is 5.23. The molecule has 3 aliphatic rings. The van der Waals surface area contributed by atoms with Crippen molar-refractivity contribution in [3.8, 4) is 0 Å². The van der Waals surface area contributed by atoms with Gasteiger partial charge in [-0.15, -0.1) is 0 Å². The van der Waals surface area contributed by atoms with E-state index in [0.717, 1.165) is 17.7 Å². The number of hydrogen-bond acceptors (Lipinski definition) is 5. The first-order valence-electron chi connectivity index (χ1n) is 11.1. The van der Waals surface area contributed by atoms with E-state index in [2.05, 4.69) is 5.32 Å². The van der Waals surface area contributed by atoms with Gasteiger partial charge in [0.2, 0.25) is 5.91 Å². The second-order valence-corrected chi connectivity index (χ2v) is 11.1. The molecule has 0 radical (unpaired) electrons. The highest BCUT2D eigenvalue weighted by atomic mass is 32.2. The van der Waals surface area contributed by atoms with Crippen molar-refractivity contribution < 1.29 is 22.8 Å². The fourth-order valence-corrected chi connectivity index (χ4v) is 6.64. The van der Waals surface area contributed by atoms with Gasteiger partial charge in [0.25, 0.3) is 5.91 Å². The molecule has 1 N–H and O–H groups in total. The number of nitrogens with zero attached hydrogens (tertiary/aromatic N) is 2. The summed E-state index contributed by atoms with van der Waals surface area (Å²) in [4.78, 5) is 42.7. The summed E-state index contributed by atoms with van der Waals surface area (Å²) in [6.07, 6.45) is 2.00. The van der Waals surface area contributed by atoms with Crippen molar-refractivity contribution in [2.75, 3.05) is 18.1 Å². The third-order valence-electron chi connectivity index (χ3n) is 6.64. The van der Waals surface area contributed by atoms with Gasteiger partial charge in [-0.05, 0) is 30.4 Å². The molecule has 172 valence electrons. The fourth-order valence-electron chi connectivity index (χ4n) is 4.92. The Morgan fingerprint density at radius 2 is 1.52 bits per heavy atom. The van der Waals surface area contributed by atoms with E-state index >= 15 is 0 Å². The van der Waals surface area contributed by atoms with E-state index in [1.165, 1.54) is 0 Å². The topological polar surface area (TPSA) is 104 Å². The van der Waals surface area contributed by atoms with Gasteiger partial charge in [0, 0.05) is 12.1 Å². The maximum absolute atomic E-state index is 13.8. The quantitative estimate of drug-likeness (QED) is 0.651. The predicted octanol–water partition coefficient (Wildman–Crippen LogP) is 1.66. The van der Waals surface area contributed by atoms with Crippen molar-refractivity contribution in [2.24, 2.45) is 0 Å². The molecule has 5 rings (SSSR count). The van der Waals surface area contributed by atoms with Gasteiger partial charge < -0.3 is 10.2 Å². The van der Waals surface area contributed by atoms with Crippen LogP contribution in [0.2, 0.25) is 0 Å². The van der Waals surface area contributed by atoms with Gasteiger partial charge in [-0.1, -0.05) is 60.7 Å². The van der Waals surface area contributed by atoms with Crippen molar-refractivity contribution in [3.05, 3.63) is 71.8 Å². The molecule has 1 unspecified atom stereocenters. The average Bonchev–Trinajstić information content (AvgIpc) is 3.53. The molecule has 9 heteroatoms. The lowest BCUT2D eigenvalue weighted by molar-refractivity contribution is -0.140. The molecule has 1 atom stereocenters. The van der Waals surface area contributed by atoms with Gasteiger partial charge in [-0.3, -0.25) is 14.5 Å². The molecule has 8 nitrogen and oxygen atoms in total. The molecule has 2 saturated heterocycles. The van der Waals surface area contributed by atoms with Crippen molar-refractivity contribution in [3.63, 3.8) is 0 Å². The van der Waals surface area contributed by atoms with Crippen molar-refractivity contribution in [1.29, 1.82) is 0 Å². The number of urea groups is 1. The molecule has 0 bridgehead atoms. The summed E-state index contributed by atoms with van der Waals surface area (Å²) < 4.78 is 24.0. The average molecular weight is 468 g/mol. The maximum atomic E-state index is 13.8. The Balaban J connectivity index is 1.45. The lowest BCUT2D eigenvalue weighted by atomic mass is 9.82. The standard InChI is InChI=1S/C24H25N3O5S/c28-21(27(19-11-12-19)20-13-14-33(31,32)16-20)15-26-22(29)24(25-23(26)30,17-7-3-1-4-8-17)18-9-5-2-6-10-18/h1-10,19-20H,11-16H2,(H,25,30). The molecule has 1 aliphatic carbocycles. The maximum Gasteiger partial charge on any atom is 0.326 e. The first-order chi connectivity index (χ1) is 15.8. The summed E-state index contributed by atoms with van der Waals surface area (Å²) in [5.74, 6) is -0.913. The number of carbonyl (C=O) groups is 3. The molecule has 3 fully saturated rings. The summed E-state index contributed by atoms with van der Waals surface area (Å²) in [5, 5.41) is 2.84. The zero-order valence-corrected chi connectivity index (χ0v) is 18.8. The van der Waals surface area contributed by atoms with Gasteiger partial charge in [-0.2, -0.15) is 0 Å². The summed E-state index contributed by atoms with van der Waals surface area (Å²) in [6.45, 7) is -0.418. The Morgan fingerprint density at radius 1 is 0.939 bits per heavy atom. The lowest BCUT2D eigenvalue weighted by Crippen LogP contribution is -2.49. The number of benzene rings is 2. The van der Waals surface area contributed by atoms with Gasteiger partial charge >= 0.3 is 6.03 Å². The molecule has 1 saturated carbocycles. The normalized spacial score (nSPS) is 23.4. The second kappa shape index (κ2) is 7.98. The van der Waals surface area contributed by atoms with E-state index in [4.69, 9.17) is 0 Å². The van der Waals surface area contributed by atoms with Crippen LogP contribution in [0.1, 0.15) is 30.4 Å². The third-order valence-corrected chi connectivity index (χ3v) is 8.39. The number of amides is 4. The van der Waals surface area contributed by atoms with Crippen LogP contribution < -0.4 is 5.32 Å². The number of carbonyl (C=O) groups excluding carboxylic acids is 3. The number of imide groups is 1. The first-order valence-corrected chi connectivity index (χ1v) is 12.9. The minimum Gasteiger partial charge on any atom is -0.334 e. The van der Waals surface area contributed by atoms with Crippen LogP contribution in [0.15, 0.2) is 60.7 Å². The molecule has 2 aliphatic heterocycles. The van der Waals surface area contributed by atoms with E-state index in [0.29, 0.717) is 17.5 Å². The van der Waals surface area contributed by atoms with Crippen LogP contribution >= 0.6 is 0 Å². The summed E-state index contributed by atoms with van der Waals surface area (Å²) >= 11 is 0. The van der Waals surface area contributed by atoms with Crippen LogP contribution in [0.5, 0.6) is 0 Å². The minimum atomic E-state index is -3.17. The molecule has 0 aromatic heterocycles. The zero-order chi connectivity index (χ0) is 23.2. The Hall–Kier alpha value is -3.20. The summed E-state index contributed by atoms with van der Waals surface area (Å²) in [7, 11) is -3.17. The van der Waals surface area contributed by atoms with E-state index in [9.17, 15) is 22.8 Å². The Labute approximate surface area is 192 Å². The number of hydrogen-bond donors (Lipinski definition) is 1. The van der Waals surface area contributed by atoms with Gasteiger partial charge in [0.1, 0.15) is 6.54 Å². The zero-order valence-electron chi connectivity index (χ0n) is 18.0. The molecular formula is C24H25N3O5S. The monoisotopic (exact) mass is 467 g/mol. The largest absolute Gasteiger partial charge is 0.334 e. The van der Waals surface area contributed by atoms with E-state index in [-0.39, 0.29) is 23.5 Å². The van der Waals surface area contributed by atoms with Crippen molar-refractivity contribution in [2.45, 2.75) is 36.9 Å². The molecule has 2 aromatic carbocycles.